The Kier molecular flexibility index (Phi) is 6.33. The SMILES string of the molecule is CC(NC1=N/C(=C/c2c[nH]c3ncc(NC(=O)C4CCN(C)CC4)cc23)C(=O)N1)c1ccccc1. The Morgan fingerprint density at radius 2 is 2.00 bits per heavy atom. The lowest BCUT2D eigenvalue weighted by Gasteiger charge is -2.28. The number of aromatic amines is 1. The first-order valence-electron chi connectivity index (χ1n) is 11.9. The predicted octanol–water partition coefficient (Wildman–Crippen LogP) is 3.02. The summed E-state index contributed by atoms with van der Waals surface area (Å²) in [6.07, 6.45) is 6.86. The topological polar surface area (TPSA) is 115 Å². The summed E-state index contributed by atoms with van der Waals surface area (Å²) >= 11 is 0. The van der Waals surface area contributed by atoms with Crippen LogP contribution in [0.3, 0.4) is 0 Å². The highest BCUT2D eigenvalue weighted by Crippen LogP contribution is 2.25. The fourth-order valence-corrected chi connectivity index (χ4v) is 4.44. The number of hydrogen-bond donors (Lipinski definition) is 4. The molecular weight excluding hydrogens is 442 g/mol. The minimum Gasteiger partial charge on any atom is -0.349 e. The molecule has 1 saturated heterocycles. The molecule has 4 N–H and O–H groups in total. The number of benzene rings is 1. The molecule has 0 aliphatic carbocycles. The van der Waals surface area contributed by atoms with E-state index in [1.165, 1.54) is 0 Å². The summed E-state index contributed by atoms with van der Waals surface area (Å²) in [5.74, 6) is 0.177. The number of nitrogens with one attached hydrogen (secondary N) is 4. The molecule has 2 aromatic heterocycles. The van der Waals surface area contributed by atoms with E-state index in [1.807, 2.05) is 43.3 Å². The number of aromatic nitrogens is 2. The average molecular weight is 472 g/mol. The minimum absolute atomic E-state index is 0.00966. The monoisotopic (exact) mass is 471 g/mol. The maximum absolute atomic E-state index is 12.7. The normalized spacial score (nSPS) is 19.0. The number of fused-ring (bicyclic) bond motifs is 1. The molecule has 4 heterocycles. The second kappa shape index (κ2) is 9.71. The van der Waals surface area contributed by atoms with E-state index in [2.05, 4.69) is 42.9 Å². The highest BCUT2D eigenvalue weighted by Gasteiger charge is 2.24. The molecule has 9 nitrogen and oxygen atoms in total. The number of rotatable bonds is 5. The largest absolute Gasteiger partial charge is 0.349 e. The van der Waals surface area contributed by atoms with Gasteiger partial charge in [0.25, 0.3) is 5.91 Å². The number of hydrogen-bond acceptors (Lipinski definition) is 6. The van der Waals surface area contributed by atoms with Gasteiger partial charge in [0.2, 0.25) is 11.9 Å². The molecule has 0 saturated carbocycles. The summed E-state index contributed by atoms with van der Waals surface area (Å²) in [6, 6.07) is 11.8. The van der Waals surface area contributed by atoms with Crippen molar-refractivity contribution in [1.82, 2.24) is 25.5 Å². The third-order valence-corrected chi connectivity index (χ3v) is 6.56. The minimum atomic E-state index is -0.276. The molecule has 1 atom stereocenters. The Morgan fingerprint density at radius 3 is 2.77 bits per heavy atom. The van der Waals surface area contributed by atoms with Crippen molar-refractivity contribution in [2.75, 3.05) is 25.5 Å². The Hall–Kier alpha value is -3.98. The molecule has 180 valence electrons. The van der Waals surface area contributed by atoms with Gasteiger partial charge in [-0.2, -0.15) is 0 Å². The number of aliphatic imine (C=N–C) groups is 1. The maximum Gasteiger partial charge on any atom is 0.276 e. The second-order valence-corrected chi connectivity index (χ2v) is 9.15. The summed E-state index contributed by atoms with van der Waals surface area (Å²) in [5, 5.41) is 9.85. The van der Waals surface area contributed by atoms with Gasteiger partial charge in [-0.05, 0) is 57.6 Å². The third kappa shape index (κ3) is 5.09. The number of likely N-dealkylation sites (tertiary alicyclic amines) is 1. The summed E-state index contributed by atoms with van der Waals surface area (Å²) in [6.45, 7) is 3.86. The van der Waals surface area contributed by atoms with E-state index in [0.717, 1.165) is 42.4 Å². The number of amides is 2. The number of anilines is 1. The summed E-state index contributed by atoms with van der Waals surface area (Å²) in [4.78, 5) is 39.5. The summed E-state index contributed by atoms with van der Waals surface area (Å²) < 4.78 is 0. The first kappa shape index (κ1) is 22.8. The van der Waals surface area contributed by atoms with Crippen LogP contribution in [0.5, 0.6) is 0 Å². The lowest BCUT2D eigenvalue weighted by molar-refractivity contribution is -0.121. The first-order valence-corrected chi connectivity index (χ1v) is 11.9. The third-order valence-electron chi connectivity index (χ3n) is 6.56. The highest BCUT2D eigenvalue weighted by molar-refractivity contribution is 6.14. The van der Waals surface area contributed by atoms with Crippen molar-refractivity contribution in [3.05, 3.63) is 65.6 Å². The van der Waals surface area contributed by atoms with E-state index in [9.17, 15) is 9.59 Å². The molecule has 0 bridgehead atoms. The number of nitrogens with zero attached hydrogens (tertiary/aromatic N) is 3. The van der Waals surface area contributed by atoms with E-state index in [-0.39, 0.29) is 23.8 Å². The van der Waals surface area contributed by atoms with Crippen LogP contribution in [0.1, 0.15) is 36.9 Å². The number of carbonyl (C=O) groups excluding carboxylic acids is 2. The van der Waals surface area contributed by atoms with Crippen molar-refractivity contribution in [1.29, 1.82) is 0 Å². The van der Waals surface area contributed by atoms with Crippen molar-refractivity contribution in [3.63, 3.8) is 0 Å². The van der Waals surface area contributed by atoms with Crippen molar-refractivity contribution < 1.29 is 9.59 Å². The van der Waals surface area contributed by atoms with Crippen LogP contribution in [0, 0.1) is 5.92 Å². The zero-order valence-corrected chi connectivity index (χ0v) is 19.8. The molecule has 2 amide bonds. The van der Waals surface area contributed by atoms with Crippen molar-refractivity contribution in [2.45, 2.75) is 25.8 Å². The number of piperidine rings is 1. The fraction of sp³-hybridized carbons (Fsp3) is 0.308. The molecule has 1 aromatic carbocycles. The lowest BCUT2D eigenvalue weighted by atomic mass is 9.96. The van der Waals surface area contributed by atoms with E-state index < -0.39 is 0 Å². The number of pyridine rings is 1. The number of H-pyrrole nitrogens is 1. The molecule has 3 aromatic rings. The van der Waals surface area contributed by atoms with E-state index in [0.29, 0.717) is 23.0 Å². The van der Waals surface area contributed by atoms with Gasteiger partial charge in [-0.3, -0.25) is 14.9 Å². The van der Waals surface area contributed by atoms with Crippen LogP contribution in [0.2, 0.25) is 0 Å². The van der Waals surface area contributed by atoms with Crippen molar-refractivity contribution in [3.8, 4) is 0 Å². The van der Waals surface area contributed by atoms with Crippen LogP contribution in [-0.4, -0.2) is 52.8 Å². The van der Waals surface area contributed by atoms with Gasteiger partial charge in [0.05, 0.1) is 17.9 Å². The zero-order valence-electron chi connectivity index (χ0n) is 19.8. The van der Waals surface area contributed by atoms with Gasteiger partial charge in [0, 0.05) is 23.1 Å². The molecular formula is C26H29N7O2. The van der Waals surface area contributed by atoms with Gasteiger partial charge in [0.1, 0.15) is 11.3 Å². The molecule has 9 heteroatoms. The summed E-state index contributed by atoms with van der Waals surface area (Å²) in [5.41, 5.74) is 3.48. The summed E-state index contributed by atoms with van der Waals surface area (Å²) in [7, 11) is 2.07. The van der Waals surface area contributed by atoms with Gasteiger partial charge >= 0.3 is 0 Å². The number of guanidine groups is 1. The van der Waals surface area contributed by atoms with Crippen molar-refractivity contribution in [2.24, 2.45) is 10.9 Å². The molecule has 2 aliphatic heterocycles. The second-order valence-electron chi connectivity index (χ2n) is 9.15. The zero-order chi connectivity index (χ0) is 24.4. The average Bonchev–Trinajstić information content (AvgIpc) is 3.42. The first-order chi connectivity index (χ1) is 17.0. The Bertz CT molecular complexity index is 1300. The lowest BCUT2D eigenvalue weighted by Crippen LogP contribution is -2.37. The molecule has 0 radical (unpaired) electrons. The van der Waals surface area contributed by atoms with Gasteiger partial charge in [0.15, 0.2) is 0 Å². The highest BCUT2D eigenvalue weighted by atomic mass is 16.2. The van der Waals surface area contributed by atoms with Crippen LogP contribution < -0.4 is 16.0 Å². The van der Waals surface area contributed by atoms with E-state index >= 15 is 0 Å². The molecule has 35 heavy (non-hydrogen) atoms. The maximum atomic E-state index is 12.7. The van der Waals surface area contributed by atoms with Crippen LogP contribution in [0.15, 0.2) is 59.5 Å². The molecule has 0 spiro atoms. The van der Waals surface area contributed by atoms with Gasteiger partial charge < -0.3 is 20.5 Å². The van der Waals surface area contributed by atoms with Crippen molar-refractivity contribution >= 4 is 40.6 Å². The van der Waals surface area contributed by atoms with E-state index in [1.54, 1.807) is 18.5 Å². The fourth-order valence-electron chi connectivity index (χ4n) is 4.44. The predicted molar refractivity (Wildman–Crippen MR) is 136 cm³/mol. The quantitative estimate of drug-likeness (QED) is 0.427. The Labute approximate surface area is 203 Å². The van der Waals surface area contributed by atoms with E-state index in [4.69, 9.17) is 0 Å². The van der Waals surface area contributed by atoms with Gasteiger partial charge in [-0.25, -0.2) is 9.98 Å². The molecule has 1 unspecified atom stereocenters. The number of carbonyl (C=O) groups is 2. The van der Waals surface area contributed by atoms with Crippen LogP contribution in [0.4, 0.5) is 5.69 Å². The van der Waals surface area contributed by atoms with Crippen LogP contribution in [0.25, 0.3) is 17.1 Å². The van der Waals surface area contributed by atoms with Crippen LogP contribution in [-0.2, 0) is 9.59 Å². The Morgan fingerprint density at radius 1 is 1.23 bits per heavy atom. The smallest absolute Gasteiger partial charge is 0.276 e. The Balaban J connectivity index is 1.32. The molecule has 5 rings (SSSR count). The van der Waals surface area contributed by atoms with Crippen LogP contribution >= 0.6 is 0 Å². The molecule has 2 aliphatic rings. The van der Waals surface area contributed by atoms with Gasteiger partial charge in [-0.15, -0.1) is 0 Å². The standard InChI is InChI=1S/C26H29N7O2/c1-16(17-6-4-3-5-7-17)29-26-31-22(25(35)32-26)12-19-14-27-23-21(19)13-20(15-28-23)30-24(34)18-8-10-33(2)11-9-18/h3-7,12-16,18H,8-11H2,1-2H3,(H,27,28)(H,30,34)(H2,29,31,32,35)/b22-12+. The molecule has 1 fully saturated rings. The van der Waals surface area contributed by atoms with Gasteiger partial charge in [-0.1, -0.05) is 30.3 Å².